The van der Waals surface area contributed by atoms with Crippen molar-refractivity contribution in [1.82, 2.24) is 5.32 Å². The Hall–Kier alpha value is -1.86. The number of hydrogen-bond acceptors (Lipinski definition) is 3. The van der Waals surface area contributed by atoms with Crippen molar-refractivity contribution in [3.63, 3.8) is 0 Å². The molecule has 0 aliphatic heterocycles. The minimum Gasteiger partial charge on any atom is -0.341 e. The van der Waals surface area contributed by atoms with Gasteiger partial charge in [-0.1, -0.05) is 6.07 Å². The number of urea groups is 1. The SMILES string of the molecule is CNC(=O)Nc1cccc(NC(=O)c2csc(Br)c2)c1. The van der Waals surface area contributed by atoms with Gasteiger partial charge in [0.1, 0.15) is 0 Å². The number of carbonyl (C=O) groups is 2. The van der Waals surface area contributed by atoms with Crippen LogP contribution in [0.1, 0.15) is 10.4 Å². The highest BCUT2D eigenvalue weighted by Gasteiger charge is 2.08. The van der Waals surface area contributed by atoms with Gasteiger partial charge in [-0.05, 0) is 40.2 Å². The minimum absolute atomic E-state index is 0.191. The second-order valence-electron chi connectivity index (χ2n) is 3.88. The van der Waals surface area contributed by atoms with Crippen LogP contribution in [0.4, 0.5) is 16.2 Å². The molecule has 7 heteroatoms. The molecule has 5 nitrogen and oxygen atoms in total. The molecular weight excluding hydrogens is 342 g/mol. The van der Waals surface area contributed by atoms with E-state index in [0.29, 0.717) is 16.9 Å². The van der Waals surface area contributed by atoms with Gasteiger partial charge < -0.3 is 16.0 Å². The summed E-state index contributed by atoms with van der Waals surface area (Å²) in [5, 5.41) is 9.65. The molecule has 0 saturated carbocycles. The minimum atomic E-state index is -0.310. The number of amides is 3. The number of carbonyl (C=O) groups excluding carboxylic acids is 2. The molecule has 3 N–H and O–H groups in total. The standard InChI is InChI=1S/C13H12BrN3O2S/c1-15-13(19)17-10-4-2-3-9(6-10)16-12(18)8-5-11(14)20-7-8/h2-7H,1H3,(H,16,18)(H2,15,17,19). The summed E-state index contributed by atoms with van der Waals surface area (Å²) >= 11 is 4.77. The number of anilines is 2. The van der Waals surface area contributed by atoms with E-state index >= 15 is 0 Å². The predicted octanol–water partition coefficient (Wildman–Crippen LogP) is 3.51. The Balaban J connectivity index is 2.08. The predicted molar refractivity (Wildman–Crippen MR) is 84.5 cm³/mol. The Labute approximate surface area is 128 Å². The van der Waals surface area contributed by atoms with Crippen molar-refractivity contribution in [2.24, 2.45) is 0 Å². The largest absolute Gasteiger partial charge is 0.341 e. The maximum atomic E-state index is 12.0. The fourth-order valence-electron chi connectivity index (χ4n) is 1.50. The molecule has 0 saturated heterocycles. The first-order valence-electron chi connectivity index (χ1n) is 5.72. The van der Waals surface area contributed by atoms with E-state index < -0.39 is 0 Å². The highest BCUT2D eigenvalue weighted by molar-refractivity contribution is 9.11. The van der Waals surface area contributed by atoms with Crippen LogP contribution in [0.5, 0.6) is 0 Å². The van der Waals surface area contributed by atoms with Crippen LogP contribution in [0.15, 0.2) is 39.5 Å². The number of hydrogen-bond donors (Lipinski definition) is 3. The van der Waals surface area contributed by atoms with E-state index in [1.165, 1.54) is 18.4 Å². The van der Waals surface area contributed by atoms with Crippen molar-refractivity contribution in [2.75, 3.05) is 17.7 Å². The van der Waals surface area contributed by atoms with Crippen molar-refractivity contribution in [3.05, 3.63) is 45.1 Å². The smallest absolute Gasteiger partial charge is 0.318 e. The lowest BCUT2D eigenvalue weighted by Crippen LogP contribution is -2.24. The van der Waals surface area contributed by atoms with Gasteiger partial charge in [0.05, 0.1) is 9.35 Å². The quantitative estimate of drug-likeness (QED) is 0.789. The van der Waals surface area contributed by atoms with Crippen LogP contribution in [0.25, 0.3) is 0 Å². The van der Waals surface area contributed by atoms with E-state index in [1.807, 2.05) is 0 Å². The van der Waals surface area contributed by atoms with Crippen molar-refractivity contribution >= 4 is 50.6 Å². The Morgan fingerprint density at radius 3 is 2.45 bits per heavy atom. The Morgan fingerprint density at radius 1 is 1.15 bits per heavy atom. The van der Waals surface area contributed by atoms with Gasteiger partial charge in [0.25, 0.3) is 5.91 Å². The third kappa shape index (κ3) is 3.82. The van der Waals surface area contributed by atoms with Crippen LogP contribution < -0.4 is 16.0 Å². The maximum absolute atomic E-state index is 12.0. The first-order valence-corrected chi connectivity index (χ1v) is 7.40. The Kier molecular flexibility index (Phi) is 4.75. The molecule has 0 spiro atoms. The van der Waals surface area contributed by atoms with Gasteiger partial charge in [-0.3, -0.25) is 4.79 Å². The van der Waals surface area contributed by atoms with Gasteiger partial charge in [0.15, 0.2) is 0 Å². The third-order valence-corrected chi connectivity index (χ3v) is 3.94. The van der Waals surface area contributed by atoms with Crippen LogP contribution in [-0.4, -0.2) is 19.0 Å². The van der Waals surface area contributed by atoms with Gasteiger partial charge in [-0.15, -0.1) is 11.3 Å². The molecule has 0 aliphatic rings. The fourth-order valence-corrected chi connectivity index (χ4v) is 2.64. The van der Waals surface area contributed by atoms with Gasteiger partial charge in [0, 0.05) is 23.8 Å². The topological polar surface area (TPSA) is 70.2 Å². The van der Waals surface area contributed by atoms with Crippen molar-refractivity contribution in [1.29, 1.82) is 0 Å². The van der Waals surface area contributed by atoms with Crippen LogP contribution >= 0.6 is 27.3 Å². The van der Waals surface area contributed by atoms with Gasteiger partial charge in [0.2, 0.25) is 0 Å². The van der Waals surface area contributed by atoms with Gasteiger partial charge >= 0.3 is 6.03 Å². The Morgan fingerprint density at radius 2 is 1.85 bits per heavy atom. The lowest BCUT2D eigenvalue weighted by Gasteiger charge is -2.08. The molecule has 2 rings (SSSR count). The third-order valence-electron chi connectivity index (χ3n) is 2.44. The van der Waals surface area contributed by atoms with Gasteiger partial charge in [-0.25, -0.2) is 4.79 Å². The van der Waals surface area contributed by atoms with E-state index in [0.717, 1.165) is 3.79 Å². The van der Waals surface area contributed by atoms with Crippen LogP contribution in [-0.2, 0) is 0 Å². The molecule has 0 fully saturated rings. The van der Waals surface area contributed by atoms with E-state index in [2.05, 4.69) is 31.9 Å². The van der Waals surface area contributed by atoms with Crippen molar-refractivity contribution < 1.29 is 9.59 Å². The van der Waals surface area contributed by atoms with E-state index in [-0.39, 0.29) is 11.9 Å². The summed E-state index contributed by atoms with van der Waals surface area (Å²) in [6.45, 7) is 0. The molecule has 0 radical (unpaired) electrons. The summed E-state index contributed by atoms with van der Waals surface area (Å²) < 4.78 is 0.901. The first-order chi connectivity index (χ1) is 9.58. The van der Waals surface area contributed by atoms with Crippen molar-refractivity contribution in [2.45, 2.75) is 0 Å². The second kappa shape index (κ2) is 6.53. The van der Waals surface area contributed by atoms with Gasteiger partial charge in [-0.2, -0.15) is 0 Å². The number of rotatable bonds is 3. The summed E-state index contributed by atoms with van der Waals surface area (Å²) in [5.41, 5.74) is 1.81. The monoisotopic (exact) mass is 353 g/mol. The number of halogens is 1. The molecule has 0 bridgehead atoms. The van der Waals surface area contributed by atoms with Crippen LogP contribution in [0.2, 0.25) is 0 Å². The molecule has 20 heavy (non-hydrogen) atoms. The molecule has 1 heterocycles. The molecule has 1 aromatic carbocycles. The highest BCUT2D eigenvalue weighted by Crippen LogP contribution is 2.22. The summed E-state index contributed by atoms with van der Waals surface area (Å²) in [6.07, 6.45) is 0. The normalized spacial score (nSPS) is 9.90. The summed E-state index contributed by atoms with van der Waals surface area (Å²) in [7, 11) is 1.54. The second-order valence-corrected chi connectivity index (χ2v) is 6.17. The summed E-state index contributed by atoms with van der Waals surface area (Å²) in [4.78, 5) is 23.2. The Bertz CT molecular complexity index is 642. The molecule has 2 aromatic rings. The first kappa shape index (κ1) is 14.5. The molecule has 0 unspecified atom stereocenters. The average Bonchev–Trinajstić information content (AvgIpc) is 2.86. The fraction of sp³-hybridized carbons (Fsp3) is 0.0769. The van der Waals surface area contributed by atoms with Crippen LogP contribution in [0.3, 0.4) is 0 Å². The summed E-state index contributed by atoms with van der Waals surface area (Å²) in [5.74, 6) is -0.191. The molecule has 104 valence electrons. The number of thiophene rings is 1. The van der Waals surface area contributed by atoms with E-state index in [9.17, 15) is 9.59 Å². The van der Waals surface area contributed by atoms with Crippen LogP contribution in [0, 0.1) is 0 Å². The molecular formula is C13H12BrN3O2S. The summed E-state index contributed by atoms with van der Waals surface area (Å²) in [6, 6.07) is 8.39. The molecule has 3 amide bonds. The highest BCUT2D eigenvalue weighted by atomic mass is 79.9. The molecule has 1 aromatic heterocycles. The van der Waals surface area contributed by atoms with E-state index in [4.69, 9.17) is 0 Å². The molecule has 0 aliphatic carbocycles. The zero-order valence-corrected chi connectivity index (χ0v) is 13.0. The lowest BCUT2D eigenvalue weighted by molar-refractivity contribution is 0.102. The lowest BCUT2D eigenvalue weighted by atomic mass is 10.2. The molecule has 0 atom stereocenters. The van der Waals surface area contributed by atoms with E-state index in [1.54, 1.807) is 35.7 Å². The average molecular weight is 354 g/mol. The zero-order chi connectivity index (χ0) is 14.5. The number of nitrogens with one attached hydrogen (secondary N) is 3. The van der Waals surface area contributed by atoms with Crippen molar-refractivity contribution in [3.8, 4) is 0 Å². The number of benzene rings is 1. The maximum Gasteiger partial charge on any atom is 0.318 e. The zero-order valence-electron chi connectivity index (χ0n) is 10.6.